The molecule has 28 nitrogen and oxygen atoms in total. The van der Waals surface area contributed by atoms with Gasteiger partial charge >= 0.3 is 41.8 Å². The summed E-state index contributed by atoms with van der Waals surface area (Å²) in [6.45, 7) is 6.14. The molecule has 2 amide bonds. The second-order valence-electron chi connectivity index (χ2n) is 20.3. The first-order valence-corrected chi connectivity index (χ1v) is 27.6. The van der Waals surface area contributed by atoms with Gasteiger partial charge in [0, 0.05) is 55.4 Å². The molecule has 3 saturated heterocycles. The normalized spacial score (nSPS) is 27.5. The van der Waals surface area contributed by atoms with Gasteiger partial charge in [0.25, 0.3) is 5.79 Å². The molecule has 0 aromatic heterocycles. The molecule has 0 radical (unpaired) electrons. The van der Waals surface area contributed by atoms with Crippen LogP contribution in [-0.4, -0.2) is 190 Å². The summed E-state index contributed by atoms with van der Waals surface area (Å²) in [5.74, 6) is -10.9. The topological polar surface area (TPSA) is 346 Å². The highest BCUT2D eigenvalue weighted by Gasteiger charge is 2.64. The summed E-state index contributed by atoms with van der Waals surface area (Å²) in [5.41, 5.74) is 1.26. The Morgan fingerprint density at radius 2 is 1.16 bits per heavy atom. The van der Waals surface area contributed by atoms with E-state index in [1.165, 1.54) is 7.11 Å². The fourth-order valence-corrected chi connectivity index (χ4v) is 9.99. The fraction of sp³-hybridized carbons (Fsp3) is 0.542. The number of aliphatic hydroxyl groups excluding tert-OH is 1. The zero-order valence-electron chi connectivity index (χ0n) is 49.6. The molecule has 3 aliphatic rings. The molecule has 3 aromatic carbocycles. The van der Waals surface area contributed by atoms with Crippen LogP contribution in [0.4, 0.5) is 0 Å². The standard InChI is InChI=1S/C59H74N2O26/c1-31(62)60-47-43(78-35(5)66)25-59(58(71)73-10,86-53(47)51(81-38(8)69)46(79-36(6)67)30-76-34(4)65)87-54-52(85-56-48(61-32(2)63)49(70)50(80-37(7)68)45(83-56)29-75-33(3)64)44(28-74-26-39-17-13-11-14-18-39)84-57(82-42-23-21-41(72-9)22-24-42)55(54)77-27-40-19-15-12-16-20-40/h11-24,43-57,70H,25-30H2,1-10H3,(H,60,62)(H,61,63)/t43-,44+,45+,46+,47+,48+,49+,50-,51+,52-,53+,54-,55+,56-,57+,59-/m0/s1. The van der Waals surface area contributed by atoms with E-state index in [9.17, 15) is 43.5 Å². The number of nitrogens with one attached hydrogen (secondary N) is 2. The summed E-state index contributed by atoms with van der Waals surface area (Å²) in [5, 5.41) is 17.4. The van der Waals surface area contributed by atoms with Gasteiger partial charge in [0.2, 0.25) is 18.1 Å². The lowest BCUT2D eigenvalue weighted by atomic mass is 9.87. The summed E-state index contributed by atoms with van der Waals surface area (Å²) < 4.78 is 98.5. The van der Waals surface area contributed by atoms with E-state index in [4.69, 9.17) is 75.8 Å². The third-order valence-corrected chi connectivity index (χ3v) is 13.5. The lowest BCUT2D eigenvalue weighted by molar-refractivity contribution is -0.387. The molecule has 0 saturated carbocycles. The van der Waals surface area contributed by atoms with Gasteiger partial charge in [-0.2, -0.15) is 0 Å². The molecule has 0 unspecified atom stereocenters. The van der Waals surface area contributed by atoms with Gasteiger partial charge in [-0.05, 0) is 35.4 Å². The molecule has 3 N–H and O–H groups in total. The zero-order chi connectivity index (χ0) is 63.5. The van der Waals surface area contributed by atoms with Gasteiger partial charge in [0.1, 0.15) is 79.6 Å². The predicted octanol–water partition coefficient (Wildman–Crippen LogP) is 1.98. The predicted molar refractivity (Wildman–Crippen MR) is 293 cm³/mol. The summed E-state index contributed by atoms with van der Waals surface area (Å²) in [6, 6.07) is 20.6. The van der Waals surface area contributed by atoms with E-state index < -0.39 is 177 Å². The van der Waals surface area contributed by atoms with E-state index in [0.717, 1.165) is 62.5 Å². The number of hydrogen-bond donors (Lipinski definition) is 3. The van der Waals surface area contributed by atoms with E-state index >= 15 is 4.79 Å². The van der Waals surface area contributed by atoms with E-state index in [0.29, 0.717) is 16.9 Å². The minimum Gasteiger partial charge on any atom is -0.497 e. The van der Waals surface area contributed by atoms with Crippen molar-refractivity contribution in [3.63, 3.8) is 0 Å². The Morgan fingerprint density at radius 1 is 0.598 bits per heavy atom. The molecule has 16 atom stereocenters. The number of methoxy groups -OCH3 is 2. The average molecular weight is 1230 g/mol. The summed E-state index contributed by atoms with van der Waals surface area (Å²) in [4.78, 5) is 118. The Labute approximate surface area is 501 Å². The van der Waals surface area contributed by atoms with Crippen LogP contribution in [0.2, 0.25) is 0 Å². The number of ether oxygens (including phenoxy) is 16. The maximum atomic E-state index is 15.3. The molecule has 0 bridgehead atoms. The quantitative estimate of drug-likeness (QED) is 0.0725. The van der Waals surface area contributed by atoms with Crippen LogP contribution < -0.4 is 20.1 Å². The van der Waals surface area contributed by atoms with Crippen molar-refractivity contribution in [3.05, 3.63) is 96.1 Å². The number of amides is 2. The van der Waals surface area contributed by atoms with Gasteiger partial charge in [-0.15, -0.1) is 0 Å². The number of carbonyl (C=O) groups excluding carboxylic acids is 9. The Balaban J connectivity index is 1.66. The largest absolute Gasteiger partial charge is 0.497 e. The molecule has 3 aromatic rings. The van der Waals surface area contributed by atoms with Crippen LogP contribution in [0.3, 0.4) is 0 Å². The molecule has 3 aliphatic heterocycles. The highest BCUT2D eigenvalue weighted by Crippen LogP contribution is 2.43. The van der Waals surface area contributed by atoms with Gasteiger partial charge < -0.3 is 91.5 Å². The van der Waals surface area contributed by atoms with Gasteiger partial charge in [0.15, 0.2) is 24.6 Å². The Bertz CT molecular complexity index is 2810. The lowest BCUT2D eigenvalue weighted by Gasteiger charge is -2.53. The minimum atomic E-state index is -3.00. The molecule has 28 heteroatoms. The summed E-state index contributed by atoms with van der Waals surface area (Å²) in [6.07, 6.45) is -23.9. The Kier molecular flexibility index (Phi) is 25.3. The molecule has 476 valence electrons. The van der Waals surface area contributed by atoms with Crippen molar-refractivity contribution in [2.45, 2.75) is 173 Å². The summed E-state index contributed by atoms with van der Waals surface area (Å²) >= 11 is 0. The van der Waals surface area contributed by atoms with Gasteiger partial charge in [-0.1, -0.05) is 60.7 Å². The van der Waals surface area contributed by atoms with Crippen molar-refractivity contribution >= 4 is 53.6 Å². The third-order valence-electron chi connectivity index (χ3n) is 13.5. The smallest absolute Gasteiger partial charge is 0.366 e. The number of benzene rings is 3. The maximum absolute atomic E-state index is 15.3. The van der Waals surface area contributed by atoms with Crippen LogP contribution in [-0.2, 0) is 123 Å². The molecule has 3 heterocycles. The van der Waals surface area contributed by atoms with Crippen LogP contribution in [0, 0.1) is 0 Å². The summed E-state index contributed by atoms with van der Waals surface area (Å²) in [7, 11) is 2.41. The van der Waals surface area contributed by atoms with Crippen LogP contribution >= 0.6 is 0 Å². The van der Waals surface area contributed by atoms with Crippen LogP contribution in [0.5, 0.6) is 11.5 Å². The molecular weight excluding hydrogens is 1150 g/mol. The molecule has 6 rings (SSSR count). The highest BCUT2D eigenvalue weighted by atomic mass is 16.8. The van der Waals surface area contributed by atoms with E-state index in [1.807, 2.05) is 0 Å². The maximum Gasteiger partial charge on any atom is 0.366 e. The zero-order valence-corrected chi connectivity index (χ0v) is 49.6. The van der Waals surface area contributed by atoms with Crippen molar-refractivity contribution < 1.29 is 124 Å². The van der Waals surface area contributed by atoms with Crippen molar-refractivity contribution in [3.8, 4) is 11.5 Å². The van der Waals surface area contributed by atoms with Crippen LogP contribution in [0.15, 0.2) is 84.9 Å². The van der Waals surface area contributed by atoms with Crippen molar-refractivity contribution in [1.29, 1.82) is 0 Å². The number of hydrogen-bond acceptors (Lipinski definition) is 26. The third kappa shape index (κ3) is 19.6. The average Bonchev–Trinajstić information content (AvgIpc) is 0.963. The molecule has 3 fully saturated rings. The second-order valence-corrected chi connectivity index (χ2v) is 20.3. The first kappa shape index (κ1) is 68.3. The Morgan fingerprint density at radius 3 is 1.71 bits per heavy atom. The number of aliphatic hydroxyl groups is 1. The van der Waals surface area contributed by atoms with Crippen molar-refractivity contribution in [1.82, 2.24) is 10.6 Å². The van der Waals surface area contributed by atoms with Crippen molar-refractivity contribution in [2.24, 2.45) is 0 Å². The van der Waals surface area contributed by atoms with Crippen molar-refractivity contribution in [2.75, 3.05) is 34.0 Å². The first-order valence-electron chi connectivity index (χ1n) is 27.6. The monoisotopic (exact) mass is 1230 g/mol. The molecule has 0 aliphatic carbocycles. The van der Waals surface area contributed by atoms with E-state index in [1.54, 1.807) is 84.9 Å². The first-order chi connectivity index (χ1) is 41.4. The molecular formula is C59H74N2O26. The van der Waals surface area contributed by atoms with Crippen LogP contribution in [0.1, 0.15) is 72.9 Å². The number of carbonyl (C=O) groups is 9. The molecule has 0 spiro atoms. The second kappa shape index (κ2) is 32.2. The van der Waals surface area contributed by atoms with Crippen LogP contribution in [0.25, 0.3) is 0 Å². The highest BCUT2D eigenvalue weighted by molar-refractivity contribution is 5.79. The number of esters is 7. The van der Waals surface area contributed by atoms with Gasteiger partial charge in [-0.25, -0.2) is 4.79 Å². The fourth-order valence-electron chi connectivity index (χ4n) is 9.99. The van der Waals surface area contributed by atoms with E-state index in [2.05, 4.69) is 10.6 Å². The number of rotatable bonds is 27. The lowest BCUT2D eigenvalue weighted by Crippen LogP contribution is -2.72. The van der Waals surface area contributed by atoms with E-state index in [-0.39, 0.29) is 19.0 Å². The Hall–Kier alpha value is -7.83. The van der Waals surface area contributed by atoms with Gasteiger partial charge in [-0.3, -0.25) is 38.4 Å². The SMILES string of the molecule is COC(=O)[C@@]1(O[C@H]2[C@@H](O[C@@H]3O[C@H](COC(C)=O)[C@H](OC(C)=O)[C@H](O)[C@H]3NC(C)=O)[C@@H](COCc3ccccc3)O[C@@H](Oc3ccc(OC)cc3)[C@@H]2OCc2ccccc2)C[C@H](OC(C)=O)[C@@H](NC(C)=O)[C@H]([C@H](OC(C)=O)[C@@H](COC(C)=O)OC(C)=O)O1. The molecule has 87 heavy (non-hydrogen) atoms. The van der Waals surface area contributed by atoms with Gasteiger partial charge in [0.05, 0.1) is 46.5 Å². The minimum absolute atomic E-state index is 0.0571.